The van der Waals surface area contributed by atoms with E-state index in [2.05, 4.69) is 29.1 Å². The largest absolute Gasteiger partial charge is 0.330 e. The fraction of sp³-hybridized carbons (Fsp3) is 0.700. The van der Waals surface area contributed by atoms with Gasteiger partial charge in [-0.25, -0.2) is 0 Å². The Kier molecular flexibility index (Phi) is 3.50. The monoisotopic (exact) mass is 239 g/mol. The molecule has 0 spiro atoms. The number of nitrogens with two attached hydrogens (primary N) is 1. The summed E-state index contributed by atoms with van der Waals surface area (Å²) in [5.74, 6) is 1.49. The molecule has 0 amide bonds. The first-order chi connectivity index (χ1) is 7.74. The highest BCUT2D eigenvalue weighted by molar-refractivity contribution is 7.16. The lowest BCUT2D eigenvalue weighted by molar-refractivity contribution is 0.541. The zero-order valence-electron chi connectivity index (χ0n) is 9.68. The Balaban J connectivity index is 2.11. The van der Waals surface area contributed by atoms with Gasteiger partial charge in [0.05, 0.1) is 0 Å². The van der Waals surface area contributed by atoms with E-state index in [0.29, 0.717) is 5.92 Å². The van der Waals surface area contributed by atoms with Crippen LogP contribution in [0.2, 0.25) is 0 Å². The molecule has 0 aliphatic rings. The van der Waals surface area contributed by atoms with Gasteiger partial charge < -0.3 is 5.73 Å². The van der Waals surface area contributed by atoms with Crippen molar-refractivity contribution in [3.05, 3.63) is 10.8 Å². The highest BCUT2D eigenvalue weighted by atomic mass is 32.1. The van der Waals surface area contributed by atoms with Crippen LogP contribution in [-0.4, -0.2) is 26.4 Å². The second kappa shape index (κ2) is 4.88. The maximum atomic E-state index is 5.59. The van der Waals surface area contributed by atoms with Gasteiger partial charge in [0.2, 0.25) is 4.96 Å². The van der Waals surface area contributed by atoms with Crippen molar-refractivity contribution >= 4 is 16.3 Å². The van der Waals surface area contributed by atoms with E-state index in [0.717, 1.165) is 41.6 Å². The fourth-order valence-corrected chi connectivity index (χ4v) is 2.37. The number of rotatable bonds is 5. The molecule has 0 radical (unpaired) electrons. The predicted octanol–water partition coefficient (Wildman–Crippen LogP) is 1.28. The lowest BCUT2D eigenvalue weighted by Crippen LogP contribution is -2.11. The number of hydrogen-bond donors (Lipinski definition) is 1. The minimum absolute atomic E-state index is 0.556. The van der Waals surface area contributed by atoms with Crippen LogP contribution in [0.25, 0.3) is 4.96 Å². The van der Waals surface area contributed by atoms with Crippen molar-refractivity contribution in [3.63, 3.8) is 0 Å². The molecule has 88 valence electrons. The van der Waals surface area contributed by atoms with E-state index >= 15 is 0 Å². The molecule has 1 unspecified atom stereocenters. The second-order valence-corrected chi connectivity index (χ2v) is 5.08. The van der Waals surface area contributed by atoms with Gasteiger partial charge in [-0.1, -0.05) is 25.2 Å². The van der Waals surface area contributed by atoms with Crippen molar-refractivity contribution in [1.29, 1.82) is 0 Å². The number of aryl methyl sites for hydroxylation is 2. The van der Waals surface area contributed by atoms with Crippen LogP contribution in [0.15, 0.2) is 0 Å². The van der Waals surface area contributed by atoms with E-state index in [4.69, 9.17) is 5.73 Å². The summed E-state index contributed by atoms with van der Waals surface area (Å²) in [6.45, 7) is 4.97. The van der Waals surface area contributed by atoms with E-state index in [9.17, 15) is 0 Å². The fourth-order valence-electron chi connectivity index (χ4n) is 1.51. The Morgan fingerprint density at radius 1 is 1.44 bits per heavy atom. The minimum atomic E-state index is 0.556. The summed E-state index contributed by atoms with van der Waals surface area (Å²) in [5, 5.41) is 13.8. The molecule has 0 aromatic carbocycles. The first-order valence-electron chi connectivity index (χ1n) is 5.64. The van der Waals surface area contributed by atoms with E-state index in [1.54, 1.807) is 11.3 Å². The van der Waals surface area contributed by atoms with Gasteiger partial charge in [0, 0.05) is 12.8 Å². The van der Waals surface area contributed by atoms with E-state index in [1.807, 2.05) is 4.52 Å². The van der Waals surface area contributed by atoms with Crippen molar-refractivity contribution in [2.45, 2.75) is 33.1 Å². The zero-order valence-corrected chi connectivity index (χ0v) is 10.5. The first-order valence-corrected chi connectivity index (χ1v) is 6.46. The summed E-state index contributed by atoms with van der Waals surface area (Å²) in [7, 11) is 0. The molecule has 0 saturated carbocycles. The summed E-state index contributed by atoms with van der Waals surface area (Å²) in [6.07, 6.45) is 2.93. The topological polar surface area (TPSA) is 69.1 Å². The minimum Gasteiger partial charge on any atom is -0.330 e. The van der Waals surface area contributed by atoms with Crippen LogP contribution in [0.3, 0.4) is 0 Å². The van der Waals surface area contributed by atoms with E-state index in [-0.39, 0.29) is 0 Å². The Bertz CT molecular complexity index is 461. The summed E-state index contributed by atoms with van der Waals surface area (Å²) >= 11 is 1.62. The molecule has 2 aromatic rings. The van der Waals surface area contributed by atoms with Gasteiger partial charge in [0.25, 0.3) is 0 Å². The Labute approximate surface area is 98.7 Å². The van der Waals surface area contributed by atoms with Crippen LogP contribution in [0, 0.1) is 5.92 Å². The quantitative estimate of drug-likeness (QED) is 0.853. The molecule has 2 N–H and O–H groups in total. The number of hydrogen-bond acceptors (Lipinski definition) is 5. The highest BCUT2D eigenvalue weighted by Gasteiger charge is 2.10. The third kappa shape index (κ3) is 2.22. The van der Waals surface area contributed by atoms with Gasteiger partial charge in [-0.2, -0.15) is 9.61 Å². The Morgan fingerprint density at radius 2 is 2.25 bits per heavy atom. The number of aromatic nitrogens is 4. The standard InChI is InChI=1S/C10H17N5S/c1-3-8-12-13-10-15(8)14-9(16-10)5-4-7(2)6-11/h7H,3-6,11H2,1-2H3. The molecule has 1 atom stereocenters. The van der Waals surface area contributed by atoms with Crippen molar-refractivity contribution in [2.75, 3.05) is 6.54 Å². The van der Waals surface area contributed by atoms with Gasteiger partial charge in [-0.3, -0.25) is 0 Å². The lowest BCUT2D eigenvalue weighted by Gasteiger charge is -2.04. The molecular formula is C10H17N5S. The third-order valence-corrected chi connectivity index (χ3v) is 3.63. The Hall–Kier alpha value is -1.01. The Morgan fingerprint density at radius 3 is 2.94 bits per heavy atom. The van der Waals surface area contributed by atoms with Crippen LogP contribution in [0.1, 0.15) is 31.1 Å². The SMILES string of the molecule is CCc1nnc2sc(CCC(C)CN)nn12. The third-order valence-electron chi connectivity index (χ3n) is 2.67. The molecule has 2 heterocycles. The van der Waals surface area contributed by atoms with Gasteiger partial charge in [0.1, 0.15) is 5.01 Å². The van der Waals surface area contributed by atoms with E-state index in [1.165, 1.54) is 0 Å². The van der Waals surface area contributed by atoms with Crippen LogP contribution in [0.4, 0.5) is 0 Å². The van der Waals surface area contributed by atoms with Crippen molar-refractivity contribution in [1.82, 2.24) is 19.8 Å². The average molecular weight is 239 g/mol. The molecule has 0 saturated heterocycles. The maximum absolute atomic E-state index is 5.59. The second-order valence-electron chi connectivity index (χ2n) is 4.04. The average Bonchev–Trinajstić information content (AvgIpc) is 2.84. The number of fused-ring (bicyclic) bond motifs is 1. The maximum Gasteiger partial charge on any atom is 0.234 e. The number of nitrogens with zero attached hydrogens (tertiary/aromatic N) is 4. The molecule has 0 fully saturated rings. The molecule has 0 bridgehead atoms. The van der Waals surface area contributed by atoms with Crippen molar-refractivity contribution in [3.8, 4) is 0 Å². The summed E-state index contributed by atoms with van der Waals surface area (Å²) < 4.78 is 1.85. The van der Waals surface area contributed by atoms with Gasteiger partial charge >= 0.3 is 0 Å². The lowest BCUT2D eigenvalue weighted by atomic mass is 10.1. The normalized spacial score (nSPS) is 13.4. The molecule has 6 heteroatoms. The van der Waals surface area contributed by atoms with E-state index < -0.39 is 0 Å². The van der Waals surface area contributed by atoms with Crippen LogP contribution in [0.5, 0.6) is 0 Å². The van der Waals surface area contributed by atoms with Gasteiger partial charge in [-0.15, -0.1) is 10.2 Å². The van der Waals surface area contributed by atoms with Crippen LogP contribution < -0.4 is 5.73 Å². The molecule has 0 aliphatic heterocycles. The van der Waals surface area contributed by atoms with Crippen LogP contribution >= 0.6 is 11.3 Å². The predicted molar refractivity (Wildman–Crippen MR) is 64.6 cm³/mol. The molecular weight excluding hydrogens is 222 g/mol. The molecule has 16 heavy (non-hydrogen) atoms. The van der Waals surface area contributed by atoms with Gasteiger partial charge in [0.15, 0.2) is 5.82 Å². The summed E-state index contributed by atoms with van der Waals surface area (Å²) in [6, 6.07) is 0. The van der Waals surface area contributed by atoms with Crippen LogP contribution in [-0.2, 0) is 12.8 Å². The summed E-state index contributed by atoms with van der Waals surface area (Å²) in [4.78, 5) is 0.896. The zero-order chi connectivity index (χ0) is 11.5. The molecule has 0 aliphatic carbocycles. The molecule has 2 aromatic heterocycles. The van der Waals surface area contributed by atoms with Gasteiger partial charge in [-0.05, 0) is 18.9 Å². The first kappa shape index (κ1) is 11.5. The highest BCUT2D eigenvalue weighted by Crippen LogP contribution is 2.17. The van der Waals surface area contributed by atoms with Crippen molar-refractivity contribution in [2.24, 2.45) is 11.7 Å². The smallest absolute Gasteiger partial charge is 0.234 e. The molecule has 5 nitrogen and oxygen atoms in total. The van der Waals surface area contributed by atoms with Crippen molar-refractivity contribution < 1.29 is 0 Å². The summed E-state index contributed by atoms with van der Waals surface area (Å²) in [5.41, 5.74) is 5.59. The molecule has 2 rings (SSSR count).